The van der Waals surface area contributed by atoms with Crippen LogP contribution in [0.1, 0.15) is 61.6 Å². The lowest BCUT2D eigenvalue weighted by Gasteiger charge is -2.11. The molecule has 2 N–H and O–H groups in total. The molecule has 0 unspecified atom stereocenters. The predicted molar refractivity (Wildman–Crippen MR) is 105 cm³/mol. The molecule has 0 fully saturated rings. The molecule has 1 aliphatic rings. The summed E-state index contributed by atoms with van der Waals surface area (Å²) in [6, 6.07) is 0. The van der Waals surface area contributed by atoms with Crippen molar-refractivity contribution in [2.24, 2.45) is 4.99 Å². The maximum atomic E-state index is 5.59. The van der Waals surface area contributed by atoms with Crippen molar-refractivity contribution >= 4 is 5.96 Å². The van der Waals surface area contributed by atoms with E-state index in [2.05, 4.69) is 42.3 Å². The number of oxazole rings is 1. The number of nitrogens with one attached hydrogen (secondary N) is 2. The van der Waals surface area contributed by atoms with E-state index in [4.69, 9.17) is 4.42 Å². The fraction of sp³-hybridized carbons (Fsp3) is 0.684. The van der Waals surface area contributed by atoms with E-state index in [1.165, 1.54) is 19.3 Å². The molecule has 8 heteroatoms. The van der Waals surface area contributed by atoms with Crippen molar-refractivity contribution in [3.63, 3.8) is 0 Å². The highest BCUT2D eigenvalue weighted by molar-refractivity contribution is 5.79. The highest BCUT2D eigenvalue weighted by Gasteiger charge is 2.14. The summed E-state index contributed by atoms with van der Waals surface area (Å²) in [6.45, 7) is 9.06. The molecule has 148 valence electrons. The predicted octanol–water partition coefficient (Wildman–Crippen LogP) is 2.30. The van der Waals surface area contributed by atoms with Crippen LogP contribution in [0, 0.1) is 13.8 Å². The zero-order valence-corrected chi connectivity index (χ0v) is 16.7. The molecule has 0 bridgehead atoms. The van der Waals surface area contributed by atoms with Crippen LogP contribution in [0.4, 0.5) is 0 Å². The summed E-state index contributed by atoms with van der Waals surface area (Å²) in [6.07, 6.45) is 6.72. The van der Waals surface area contributed by atoms with Crippen LogP contribution in [0.25, 0.3) is 0 Å². The Balaban J connectivity index is 1.48. The maximum absolute atomic E-state index is 5.59. The summed E-state index contributed by atoms with van der Waals surface area (Å²) >= 11 is 0. The number of hydrogen-bond donors (Lipinski definition) is 2. The second-order valence-electron chi connectivity index (χ2n) is 6.97. The van der Waals surface area contributed by atoms with Crippen molar-refractivity contribution in [1.82, 2.24) is 30.4 Å². The molecule has 0 aromatic carbocycles. The van der Waals surface area contributed by atoms with Crippen molar-refractivity contribution < 1.29 is 4.42 Å². The van der Waals surface area contributed by atoms with E-state index in [0.717, 1.165) is 68.0 Å². The Labute approximate surface area is 160 Å². The molecule has 0 saturated carbocycles. The number of guanidine groups is 1. The van der Waals surface area contributed by atoms with Crippen molar-refractivity contribution in [3.8, 4) is 0 Å². The summed E-state index contributed by atoms with van der Waals surface area (Å²) in [5.74, 6) is 4.55. The first-order valence-electron chi connectivity index (χ1n) is 10.0. The normalized spacial score (nSPS) is 14.7. The number of nitrogens with zero attached hydrogens (tertiary/aromatic N) is 5. The largest absolute Gasteiger partial charge is 0.444 e. The number of rotatable bonds is 7. The van der Waals surface area contributed by atoms with Crippen LogP contribution in [-0.4, -0.2) is 38.8 Å². The Bertz CT molecular complexity index is 743. The van der Waals surface area contributed by atoms with E-state index >= 15 is 0 Å². The van der Waals surface area contributed by atoms with E-state index in [-0.39, 0.29) is 0 Å². The van der Waals surface area contributed by atoms with Gasteiger partial charge in [0.25, 0.3) is 0 Å². The maximum Gasteiger partial charge on any atom is 0.216 e. The van der Waals surface area contributed by atoms with Crippen LogP contribution in [0.5, 0.6) is 0 Å². The molecular weight excluding hydrogens is 342 g/mol. The van der Waals surface area contributed by atoms with Gasteiger partial charge in [-0.2, -0.15) is 0 Å². The van der Waals surface area contributed by atoms with Gasteiger partial charge in [0, 0.05) is 32.5 Å². The number of aromatic nitrogens is 4. The average molecular weight is 374 g/mol. The molecule has 2 aromatic heterocycles. The van der Waals surface area contributed by atoms with Crippen LogP contribution in [0.2, 0.25) is 0 Å². The van der Waals surface area contributed by atoms with Crippen LogP contribution in [0.3, 0.4) is 0 Å². The minimum absolute atomic E-state index is 0.432. The summed E-state index contributed by atoms with van der Waals surface area (Å²) in [4.78, 5) is 8.93. The van der Waals surface area contributed by atoms with Gasteiger partial charge < -0.3 is 19.6 Å². The van der Waals surface area contributed by atoms with Crippen molar-refractivity contribution in [1.29, 1.82) is 0 Å². The van der Waals surface area contributed by atoms with Crippen molar-refractivity contribution in [2.45, 2.75) is 72.4 Å². The third kappa shape index (κ3) is 5.30. The molecule has 1 aliphatic heterocycles. The third-order valence-corrected chi connectivity index (χ3v) is 4.85. The van der Waals surface area contributed by atoms with Crippen molar-refractivity contribution in [2.75, 3.05) is 13.1 Å². The van der Waals surface area contributed by atoms with E-state index in [0.29, 0.717) is 12.4 Å². The van der Waals surface area contributed by atoms with E-state index in [1.807, 2.05) is 13.8 Å². The van der Waals surface area contributed by atoms with Crippen LogP contribution < -0.4 is 10.6 Å². The van der Waals surface area contributed by atoms with Gasteiger partial charge in [0.1, 0.15) is 24.0 Å². The quantitative estimate of drug-likeness (QED) is 0.439. The molecule has 0 atom stereocenters. The van der Waals surface area contributed by atoms with Gasteiger partial charge in [0.15, 0.2) is 5.96 Å². The summed E-state index contributed by atoms with van der Waals surface area (Å²) in [7, 11) is 0. The molecule has 27 heavy (non-hydrogen) atoms. The lowest BCUT2D eigenvalue weighted by atomic mass is 10.2. The zero-order valence-electron chi connectivity index (χ0n) is 16.7. The van der Waals surface area contributed by atoms with E-state index in [1.54, 1.807) is 0 Å². The molecule has 8 nitrogen and oxygen atoms in total. The second-order valence-corrected chi connectivity index (χ2v) is 6.97. The molecule has 0 saturated heterocycles. The van der Waals surface area contributed by atoms with Gasteiger partial charge in [-0.25, -0.2) is 9.98 Å². The van der Waals surface area contributed by atoms with Gasteiger partial charge in [0.05, 0.1) is 5.69 Å². The standard InChI is InChI=1S/C19H31N7O/c1-4-20-19(22-13-18-23-14(2)15(3)27-18)21-11-8-10-17-25-24-16-9-6-5-7-12-26(16)17/h4-13H2,1-3H3,(H2,20,21,22). The number of hydrogen-bond acceptors (Lipinski definition) is 5. The summed E-state index contributed by atoms with van der Waals surface area (Å²) in [5, 5.41) is 15.4. The highest BCUT2D eigenvalue weighted by Crippen LogP contribution is 2.15. The van der Waals surface area contributed by atoms with Crippen LogP contribution in [0.15, 0.2) is 9.41 Å². The molecule has 0 radical (unpaired) electrons. The van der Waals surface area contributed by atoms with E-state index < -0.39 is 0 Å². The Hall–Kier alpha value is -2.38. The fourth-order valence-electron chi connectivity index (χ4n) is 3.28. The summed E-state index contributed by atoms with van der Waals surface area (Å²) in [5.41, 5.74) is 0.922. The minimum Gasteiger partial charge on any atom is -0.444 e. The lowest BCUT2D eigenvalue weighted by molar-refractivity contribution is 0.472. The first-order chi connectivity index (χ1) is 13.2. The Kier molecular flexibility index (Phi) is 6.84. The van der Waals surface area contributed by atoms with Crippen LogP contribution in [-0.2, 0) is 25.9 Å². The Morgan fingerprint density at radius 2 is 2.07 bits per heavy atom. The smallest absolute Gasteiger partial charge is 0.216 e. The fourth-order valence-corrected chi connectivity index (χ4v) is 3.28. The lowest BCUT2D eigenvalue weighted by Crippen LogP contribution is -2.37. The molecule has 0 aliphatic carbocycles. The first-order valence-corrected chi connectivity index (χ1v) is 10.0. The number of aryl methyl sites for hydroxylation is 4. The van der Waals surface area contributed by atoms with Gasteiger partial charge in [-0.3, -0.25) is 0 Å². The number of aliphatic imine (C=N–C) groups is 1. The molecule has 2 aromatic rings. The average Bonchev–Trinajstić information content (AvgIpc) is 3.09. The second kappa shape index (κ2) is 9.53. The van der Waals surface area contributed by atoms with Crippen LogP contribution >= 0.6 is 0 Å². The summed E-state index contributed by atoms with van der Waals surface area (Å²) < 4.78 is 7.91. The molecule has 3 rings (SSSR count). The SMILES string of the molecule is CCNC(=NCc1nc(C)c(C)o1)NCCCc1nnc2n1CCCCC2. The monoisotopic (exact) mass is 373 g/mol. The Morgan fingerprint density at radius 1 is 1.19 bits per heavy atom. The molecule has 0 spiro atoms. The van der Waals surface area contributed by atoms with Gasteiger partial charge >= 0.3 is 0 Å². The van der Waals surface area contributed by atoms with Gasteiger partial charge in [-0.05, 0) is 40.0 Å². The minimum atomic E-state index is 0.432. The first kappa shape index (κ1) is 19.4. The van der Waals surface area contributed by atoms with Gasteiger partial charge in [0.2, 0.25) is 5.89 Å². The highest BCUT2D eigenvalue weighted by atomic mass is 16.4. The molecular formula is C19H31N7O. The molecule has 0 amide bonds. The topological polar surface area (TPSA) is 93.2 Å². The van der Waals surface area contributed by atoms with E-state index in [9.17, 15) is 0 Å². The third-order valence-electron chi connectivity index (χ3n) is 4.85. The Morgan fingerprint density at radius 3 is 2.85 bits per heavy atom. The van der Waals surface area contributed by atoms with Gasteiger partial charge in [-0.1, -0.05) is 6.42 Å². The number of fused-ring (bicyclic) bond motifs is 1. The van der Waals surface area contributed by atoms with Crippen molar-refractivity contribution in [3.05, 3.63) is 29.0 Å². The zero-order chi connectivity index (χ0) is 19.1. The van der Waals surface area contributed by atoms with Gasteiger partial charge in [-0.15, -0.1) is 10.2 Å². The molecule has 3 heterocycles.